The molecule has 0 spiro atoms. The smallest absolute Gasteiger partial charge is 0.220 e. The molecule has 3 N–H and O–H groups in total. The van der Waals surface area contributed by atoms with E-state index in [1.54, 1.807) is 7.11 Å². The molecule has 19 heavy (non-hydrogen) atoms. The fourth-order valence-electron chi connectivity index (χ4n) is 1.96. The molecule has 0 saturated carbocycles. The molecule has 1 aromatic rings. The fraction of sp³-hybridized carbons (Fsp3) is 0.533. The predicted octanol–water partition coefficient (Wildman–Crippen LogP) is 1.87. The Kier molecular flexibility index (Phi) is 6.36. The van der Waals surface area contributed by atoms with Crippen molar-refractivity contribution in [1.29, 1.82) is 0 Å². The number of benzene rings is 1. The lowest BCUT2D eigenvalue weighted by Gasteiger charge is -2.16. The summed E-state index contributed by atoms with van der Waals surface area (Å²) in [6, 6.07) is 8.01. The summed E-state index contributed by atoms with van der Waals surface area (Å²) in [6.07, 6.45) is 1.95. The topological polar surface area (TPSA) is 64.3 Å². The number of amides is 1. The normalized spacial score (nSPS) is 13.7. The standard InChI is InChI=1S/C15H24N2O2/c1-11(16)8-9-15(18)17-12(2)10-13-6-4-5-7-14(13)19-3/h4-7,11-12H,8-10,16H2,1-3H3,(H,17,18). The zero-order valence-corrected chi connectivity index (χ0v) is 12.0. The van der Waals surface area contributed by atoms with Crippen LogP contribution in [-0.4, -0.2) is 25.1 Å². The quantitative estimate of drug-likeness (QED) is 0.790. The van der Waals surface area contributed by atoms with Gasteiger partial charge in [0, 0.05) is 18.5 Å². The van der Waals surface area contributed by atoms with Crippen molar-refractivity contribution in [2.75, 3.05) is 7.11 Å². The largest absolute Gasteiger partial charge is 0.496 e. The first kappa shape index (κ1) is 15.5. The molecule has 0 heterocycles. The van der Waals surface area contributed by atoms with Crippen LogP contribution < -0.4 is 15.8 Å². The van der Waals surface area contributed by atoms with Gasteiger partial charge >= 0.3 is 0 Å². The van der Waals surface area contributed by atoms with Gasteiger partial charge in [0.25, 0.3) is 0 Å². The maximum Gasteiger partial charge on any atom is 0.220 e. The molecule has 1 aromatic carbocycles. The van der Waals surface area contributed by atoms with Crippen molar-refractivity contribution in [3.63, 3.8) is 0 Å². The third-order valence-electron chi connectivity index (χ3n) is 2.95. The first-order valence-corrected chi connectivity index (χ1v) is 6.69. The summed E-state index contributed by atoms with van der Waals surface area (Å²) in [5, 5.41) is 2.98. The lowest BCUT2D eigenvalue weighted by atomic mass is 10.1. The minimum atomic E-state index is 0.0553. The SMILES string of the molecule is COc1ccccc1CC(C)NC(=O)CCC(C)N. The number of nitrogens with two attached hydrogens (primary N) is 1. The van der Waals surface area contributed by atoms with Crippen LogP contribution in [0.1, 0.15) is 32.3 Å². The van der Waals surface area contributed by atoms with Gasteiger partial charge in [0.05, 0.1) is 7.11 Å². The van der Waals surface area contributed by atoms with Gasteiger partial charge in [-0.15, -0.1) is 0 Å². The van der Waals surface area contributed by atoms with E-state index in [0.29, 0.717) is 12.8 Å². The molecule has 0 bridgehead atoms. The Hall–Kier alpha value is -1.55. The monoisotopic (exact) mass is 264 g/mol. The van der Waals surface area contributed by atoms with E-state index in [0.717, 1.165) is 17.7 Å². The Morgan fingerprint density at radius 1 is 1.37 bits per heavy atom. The number of para-hydroxylation sites is 1. The summed E-state index contributed by atoms with van der Waals surface area (Å²) in [5.74, 6) is 0.916. The molecular weight excluding hydrogens is 240 g/mol. The van der Waals surface area contributed by atoms with Gasteiger partial charge in [-0.1, -0.05) is 18.2 Å². The fourth-order valence-corrected chi connectivity index (χ4v) is 1.96. The van der Waals surface area contributed by atoms with E-state index in [-0.39, 0.29) is 18.0 Å². The molecule has 0 radical (unpaired) electrons. The summed E-state index contributed by atoms with van der Waals surface area (Å²) in [5.41, 5.74) is 6.74. The average Bonchev–Trinajstić information content (AvgIpc) is 2.37. The summed E-state index contributed by atoms with van der Waals surface area (Å²) in [7, 11) is 1.66. The van der Waals surface area contributed by atoms with E-state index in [1.165, 1.54) is 0 Å². The van der Waals surface area contributed by atoms with Crippen LogP contribution in [0, 0.1) is 0 Å². The van der Waals surface area contributed by atoms with Crippen molar-refractivity contribution in [2.24, 2.45) is 5.73 Å². The molecule has 0 aliphatic heterocycles. The first-order chi connectivity index (χ1) is 9.02. The molecule has 4 nitrogen and oxygen atoms in total. The zero-order chi connectivity index (χ0) is 14.3. The van der Waals surface area contributed by atoms with E-state index in [9.17, 15) is 4.79 Å². The summed E-state index contributed by atoms with van der Waals surface area (Å²) in [4.78, 5) is 11.7. The van der Waals surface area contributed by atoms with Crippen molar-refractivity contribution in [3.8, 4) is 5.75 Å². The van der Waals surface area contributed by atoms with Crippen LogP contribution in [0.2, 0.25) is 0 Å². The van der Waals surface area contributed by atoms with Crippen LogP contribution in [0.25, 0.3) is 0 Å². The zero-order valence-electron chi connectivity index (χ0n) is 12.0. The minimum Gasteiger partial charge on any atom is -0.496 e. The van der Waals surface area contributed by atoms with Gasteiger partial charge in [-0.25, -0.2) is 0 Å². The van der Waals surface area contributed by atoms with Crippen LogP contribution in [0.4, 0.5) is 0 Å². The first-order valence-electron chi connectivity index (χ1n) is 6.69. The molecule has 0 fully saturated rings. The van der Waals surface area contributed by atoms with Gasteiger partial charge in [-0.2, -0.15) is 0 Å². The van der Waals surface area contributed by atoms with Crippen LogP contribution >= 0.6 is 0 Å². The molecule has 0 aromatic heterocycles. The van der Waals surface area contributed by atoms with Crippen LogP contribution in [0.3, 0.4) is 0 Å². The number of rotatable bonds is 7. The summed E-state index contributed by atoms with van der Waals surface area (Å²) >= 11 is 0. The molecule has 0 saturated heterocycles. The highest BCUT2D eigenvalue weighted by atomic mass is 16.5. The molecule has 2 atom stereocenters. The third-order valence-corrected chi connectivity index (χ3v) is 2.95. The second-order valence-corrected chi connectivity index (χ2v) is 5.00. The number of hydrogen-bond donors (Lipinski definition) is 2. The highest BCUT2D eigenvalue weighted by Crippen LogP contribution is 2.18. The molecule has 1 amide bonds. The Bertz CT molecular complexity index is 405. The minimum absolute atomic E-state index is 0.0553. The molecule has 0 aliphatic rings. The second kappa shape index (κ2) is 7.79. The second-order valence-electron chi connectivity index (χ2n) is 5.00. The third kappa shape index (κ3) is 5.75. The summed E-state index contributed by atoms with van der Waals surface area (Å²) in [6.45, 7) is 3.90. The van der Waals surface area contributed by atoms with Crippen molar-refractivity contribution in [1.82, 2.24) is 5.32 Å². The number of methoxy groups -OCH3 is 1. The number of nitrogens with one attached hydrogen (secondary N) is 1. The van der Waals surface area contributed by atoms with Crippen LogP contribution in [-0.2, 0) is 11.2 Å². The van der Waals surface area contributed by atoms with Gasteiger partial charge in [-0.05, 0) is 38.3 Å². The lowest BCUT2D eigenvalue weighted by Crippen LogP contribution is -2.34. The molecule has 2 unspecified atom stereocenters. The van der Waals surface area contributed by atoms with E-state index in [2.05, 4.69) is 5.32 Å². The molecule has 106 valence electrons. The highest BCUT2D eigenvalue weighted by Gasteiger charge is 2.11. The Morgan fingerprint density at radius 2 is 2.05 bits per heavy atom. The van der Waals surface area contributed by atoms with Crippen molar-refractivity contribution in [3.05, 3.63) is 29.8 Å². The Labute approximate surface area is 115 Å². The molecule has 4 heteroatoms. The number of hydrogen-bond acceptors (Lipinski definition) is 3. The van der Waals surface area contributed by atoms with Crippen molar-refractivity contribution >= 4 is 5.91 Å². The average molecular weight is 264 g/mol. The Morgan fingerprint density at radius 3 is 2.68 bits per heavy atom. The van der Waals surface area contributed by atoms with Crippen molar-refractivity contribution < 1.29 is 9.53 Å². The van der Waals surface area contributed by atoms with Gasteiger partial charge < -0.3 is 15.8 Å². The van der Waals surface area contributed by atoms with Gasteiger partial charge in [0.2, 0.25) is 5.91 Å². The Balaban J connectivity index is 2.46. The van der Waals surface area contributed by atoms with E-state index >= 15 is 0 Å². The van der Waals surface area contributed by atoms with E-state index in [1.807, 2.05) is 38.1 Å². The van der Waals surface area contributed by atoms with Crippen LogP contribution in [0.5, 0.6) is 5.75 Å². The maximum atomic E-state index is 11.7. The van der Waals surface area contributed by atoms with Gasteiger partial charge in [0.1, 0.15) is 5.75 Å². The van der Waals surface area contributed by atoms with E-state index in [4.69, 9.17) is 10.5 Å². The molecule has 0 aliphatic carbocycles. The maximum absolute atomic E-state index is 11.7. The number of carbonyl (C=O) groups excluding carboxylic acids is 1. The summed E-state index contributed by atoms with van der Waals surface area (Å²) < 4.78 is 5.30. The number of ether oxygens (including phenoxy) is 1. The van der Waals surface area contributed by atoms with Crippen LogP contribution in [0.15, 0.2) is 24.3 Å². The molecular formula is C15H24N2O2. The van der Waals surface area contributed by atoms with Crippen molar-refractivity contribution in [2.45, 2.75) is 45.2 Å². The number of carbonyl (C=O) groups is 1. The van der Waals surface area contributed by atoms with E-state index < -0.39 is 0 Å². The lowest BCUT2D eigenvalue weighted by molar-refractivity contribution is -0.121. The van der Waals surface area contributed by atoms with Gasteiger partial charge in [0.15, 0.2) is 0 Å². The van der Waals surface area contributed by atoms with Gasteiger partial charge in [-0.3, -0.25) is 4.79 Å². The molecule has 1 rings (SSSR count). The predicted molar refractivity (Wildman–Crippen MR) is 77.2 cm³/mol. The highest BCUT2D eigenvalue weighted by molar-refractivity contribution is 5.76.